The quantitative estimate of drug-likeness (QED) is 0.207. The highest BCUT2D eigenvalue weighted by Crippen LogP contribution is 2.43. The van der Waals surface area contributed by atoms with E-state index in [2.05, 4.69) is 9.82 Å². The summed E-state index contributed by atoms with van der Waals surface area (Å²) in [5.74, 6) is -2.76. The van der Waals surface area contributed by atoms with Crippen LogP contribution in [0.3, 0.4) is 0 Å². The molecule has 0 radical (unpaired) electrons. The van der Waals surface area contributed by atoms with E-state index < -0.39 is 39.5 Å². The number of carbonyl (C=O) groups excluding carboxylic acids is 2. The molecule has 0 fully saturated rings. The number of rotatable bonds is 7. The molecule has 2 amide bonds. The van der Waals surface area contributed by atoms with Gasteiger partial charge in [-0.3, -0.25) is 23.9 Å². The Hall–Kier alpha value is -5.14. The molecule has 1 aliphatic heterocycles. The summed E-state index contributed by atoms with van der Waals surface area (Å²) in [6.07, 6.45) is 2.64. The van der Waals surface area contributed by atoms with Gasteiger partial charge in [-0.25, -0.2) is 22.2 Å². The molecule has 1 N–H and O–H groups in total. The Morgan fingerprint density at radius 3 is 2.19 bits per heavy atom. The summed E-state index contributed by atoms with van der Waals surface area (Å²) in [6, 6.07) is 15.3. The Kier molecular flexibility index (Phi) is 7.13. The maximum Gasteiger partial charge on any atom is 0.262 e. The van der Waals surface area contributed by atoms with Crippen LogP contribution in [0.4, 0.5) is 14.6 Å². The number of imide groups is 1. The number of benzene rings is 3. The van der Waals surface area contributed by atoms with E-state index in [1.807, 2.05) is 17.7 Å². The average molecular weight is 675 g/mol. The zero-order valence-electron chi connectivity index (χ0n) is 25.1. The number of aromatic nitrogens is 4. The highest BCUT2D eigenvalue weighted by Gasteiger charge is 2.42. The van der Waals surface area contributed by atoms with Gasteiger partial charge in [0.15, 0.2) is 5.82 Å². The summed E-state index contributed by atoms with van der Waals surface area (Å²) in [5.41, 5.74) is 3.55. The van der Waals surface area contributed by atoms with E-state index in [-0.39, 0.29) is 39.6 Å². The van der Waals surface area contributed by atoms with Crippen LogP contribution in [0.5, 0.6) is 0 Å². The summed E-state index contributed by atoms with van der Waals surface area (Å²) in [5, 5.41) is 4.94. The van der Waals surface area contributed by atoms with E-state index in [0.717, 1.165) is 29.4 Å². The SMILES string of the molecule is Cn1ccc2nc(C(Cc3cc(F)cc(F)c3)N3C(=O)c4ccccc4C3=O)c(-c3ccc(Cl)c4c(NS(C)(=O)=O)nn(C)c34)cc21. The maximum atomic E-state index is 14.5. The van der Waals surface area contributed by atoms with E-state index in [4.69, 9.17) is 16.6 Å². The minimum atomic E-state index is -3.73. The number of fused-ring (bicyclic) bond motifs is 3. The fraction of sp³-hybridized carbons (Fsp3) is 0.152. The molecule has 3 aromatic heterocycles. The predicted molar refractivity (Wildman–Crippen MR) is 174 cm³/mol. The number of hydrogen-bond acceptors (Lipinski definition) is 6. The van der Waals surface area contributed by atoms with Gasteiger partial charge in [0.05, 0.1) is 56.1 Å². The molecular formula is C33H25ClF2N6O4S. The van der Waals surface area contributed by atoms with E-state index >= 15 is 0 Å². The molecule has 3 aromatic carbocycles. The molecule has 0 bridgehead atoms. The summed E-state index contributed by atoms with van der Waals surface area (Å²) >= 11 is 6.62. The third-order valence-electron chi connectivity index (χ3n) is 8.21. The number of nitrogens with zero attached hydrogens (tertiary/aromatic N) is 5. The van der Waals surface area contributed by atoms with Gasteiger partial charge < -0.3 is 4.57 Å². The fourth-order valence-electron chi connectivity index (χ4n) is 6.27. The van der Waals surface area contributed by atoms with Crippen molar-refractivity contribution in [2.45, 2.75) is 12.5 Å². The van der Waals surface area contributed by atoms with E-state index in [1.165, 1.54) is 4.68 Å². The first-order valence-corrected chi connectivity index (χ1v) is 16.6. The van der Waals surface area contributed by atoms with Crippen molar-refractivity contribution in [1.82, 2.24) is 24.2 Å². The number of carbonyl (C=O) groups is 2. The van der Waals surface area contributed by atoms with Crippen molar-refractivity contribution in [3.8, 4) is 11.1 Å². The zero-order chi connectivity index (χ0) is 33.4. The van der Waals surface area contributed by atoms with Crippen molar-refractivity contribution in [2.24, 2.45) is 14.1 Å². The molecular weight excluding hydrogens is 650 g/mol. The van der Waals surface area contributed by atoms with Crippen molar-refractivity contribution in [3.63, 3.8) is 0 Å². The molecule has 238 valence electrons. The third kappa shape index (κ3) is 5.21. The number of anilines is 1. The average Bonchev–Trinajstić information content (AvgIpc) is 3.61. The largest absolute Gasteiger partial charge is 0.349 e. The molecule has 14 heteroatoms. The van der Waals surface area contributed by atoms with Crippen LogP contribution in [0.25, 0.3) is 33.1 Å². The number of amides is 2. The Bertz CT molecular complexity index is 2370. The van der Waals surface area contributed by atoms with Gasteiger partial charge in [0.1, 0.15) is 11.6 Å². The number of hydrogen-bond donors (Lipinski definition) is 1. The molecule has 1 atom stereocenters. The smallest absolute Gasteiger partial charge is 0.262 e. The van der Waals surface area contributed by atoms with E-state index in [0.29, 0.717) is 33.1 Å². The van der Waals surface area contributed by atoms with Crippen molar-refractivity contribution in [2.75, 3.05) is 11.0 Å². The molecule has 7 rings (SSSR count). The zero-order valence-corrected chi connectivity index (χ0v) is 26.7. The molecule has 0 saturated carbocycles. The van der Waals surface area contributed by atoms with Crippen LogP contribution in [0.2, 0.25) is 5.02 Å². The Morgan fingerprint density at radius 2 is 1.55 bits per heavy atom. The Morgan fingerprint density at radius 1 is 0.894 bits per heavy atom. The van der Waals surface area contributed by atoms with Crippen LogP contribution in [0.15, 0.2) is 72.9 Å². The normalized spacial score (nSPS) is 14.0. The van der Waals surface area contributed by atoms with Crippen LogP contribution in [0, 0.1) is 11.6 Å². The predicted octanol–water partition coefficient (Wildman–Crippen LogP) is 6.01. The van der Waals surface area contributed by atoms with Gasteiger partial charge in [-0.15, -0.1) is 0 Å². The van der Waals surface area contributed by atoms with Crippen molar-refractivity contribution in [1.29, 1.82) is 0 Å². The van der Waals surface area contributed by atoms with Gasteiger partial charge in [-0.1, -0.05) is 29.8 Å². The summed E-state index contributed by atoms with van der Waals surface area (Å²) in [7, 11) is -0.273. The summed E-state index contributed by atoms with van der Waals surface area (Å²) in [4.78, 5) is 33.9. The van der Waals surface area contributed by atoms with Crippen LogP contribution < -0.4 is 4.72 Å². The summed E-state index contributed by atoms with van der Waals surface area (Å²) in [6.45, 7) is 0. The standard InChI is InChI=1S/C33H25ClF2N6O4S/c1-40-11-10-25-26(40)16-23(20-8-9-24(34)28-30(20)41(2)38-31(28)39-47(3,45)46)29(37-25)27(14-17-12-18(35)15-19(36)13-17)42-32(43)21-6-4-5-7-22(21)33(42)44/h4-13,15-16,27H,14H2,1-3H3,(H,38,39). The molecule has 4 heterocycles. The minimum absolute atomic E-state index is 0.0124. The molecule has 1 aliphatic rings. The second-order valence-electron chi connectivity index (χ2n) is 11.4. The third-order valence-corrected chi connectivity index (χ3v) is 9.09. The lowest BCUT2D eigenvalue weighted by Gasteiger charge is -2.28. The molecule has 1 unspecified atom stereocenters. The number of aryl methyl sites for hydroxylation is 2. The van der Waals surface area contributed by atoms with E-state index in [1.54, 1.807) is 55.7 Å². The van der Waals surface area contributed by atoms with Gasteiger partial charge in [-0.2, -0.15) is 5.10 Å². The molecule has 0 saturated heterocycles. The number of nitrogens with one attached hydrogen (secondary N) is 1. The molecule has 47 heavy (non-hydrogen) atoms. The van der Waals surface area contributed by atoms with Crippen LogP contribution in [-0.2, 0) is 30.5 Å². The first kappa shape index (κ1) is 30.5. The minimum Gasteiger partial charge on any atom is -0.349 e. The Balaban J connectivity index is 1.53. The second kappa shape index (κ2) is 11.0. The topological polar surface area (TPSA) is 119 Å². The lowest BCUT2D eigenvalue weighted by molar-refractivity contribution is 0.0578. The summed E-state index contributed by atoms with van der Waals surface area (Å²) < 4.78 is 59.1. The van der Waals surface area contributed by atoms with Gasteiger partial charge in [0.2, 0.25) is 10.0 Å². The lowest BCUT2D eigenvalue weighted by atomic mass is 9.92. The van der Waals surface area contributed by atoms with Crippen LogP contribution in [-0.4, -0.2) is 50.7 Å². The lowest BCUT2D eigenvalue weighted by Crippen LogP contribution is -2.36. The van der Waals surface area contributed by atoms with Gasteiger partial charge in [0.25, 0.3) is 11.8 Å². The monoisotopic (exact) mass is 674 g/mol. The molecule has 0 spiro atoms. The molecule has 6 aromatic rings. The maximum absolute atomic E-state index is 14.5. The number of halogens is 3. The fourth-order valence-corrected chi connectivity index (χ4v) is 7.00. The van der Waals surface area contributed by atoms with Gasteiger partial charge in [-0.05, 0) is 54.4 Å². The Labute approximate surface area is 272 Å². The molecule has 10 nitrogen and oxygen atoms in total. The highest BCUT2D eigenvalue weighted by atomic mass is 35.5. The van der Waals surface area contributed by atoms with Gasteiger partial charge >= 0.3 is 0 Å². The second-order valence-corrected chi connectivity index (χ2v) is 13.6. The van der Waals surface area contributed by atoms with Crippen molar-refractivity contribution in [3.05, 3.63) is 112 Å². The molecule has 0 aliphatic carbocycles. The first-order chi connectivity index (χ1) is 22.3. The van der Waals surface area contributed by atoms with Crippen molar-refractivity contribution < 1.29 is 26.8 Å². The number of sulfonamides is 1. The highest BCUT2D eigenvalue weighted by molar-refractivity contribution is 7.92. The van der Waals surface area contributed by atoms with Crippen LogP contribution >= 0.6 is 11.6 Å². The number of pyridine rings is 1. The van der Waals surface area contributed by atoms with Gasteiger partial charge in [0, 0.05) is 37.5 Å². The van der Waals surface area contributed by atoms with Crippen molar-refractivity contribution >= 4 is 61.2 Å². The van der Waals surface area contributed by atoms with Crippen LogP contribution in [0.1, 0.15) is 38.0 Å². The van der Waals surface area contributed by atoms with E-state index in [9.17, 15) is 26.8 Å². The first-order valence-electron chi connectivity index (χ1n) is 14.3.